The number of hydrogen-bond acceptors (Lipinski definition) is 5. The van der Waals surface area contributed by atoms with Gasteiger partial charge in [0, 0.05) is 0 Å². The Morgan fingerprint density at radius 3 is 2.14 bits per heavy atom. The van der Waals surface area contributed by atoms with Crippen molar-refractivity contribution in [1.82, 2.24) is 0 Å². The number of benzene rings is 2. The lowest BCUT2D eigenvalue weighted by molar-refractivity contribution is 0.404. The number of fused-ring (bicyclic) bond motifs is 1. The number of rotatable bonds is 5. The summed E-state index contributed by atoms with van der Waals surface area (Å²) in [4.78, 5) is 1.60. The fraction of sp³-hybridized carbons (Fsp3) is 0.429. The highest BCUT2D eigenvalue weighted by Gasteiger charge is 2.14. The standard InChI is InChI=1S/C10H13NOS.C9H13NO2S.C2H6/c1-12-9-5-7-3-2-4-8(7)6-10(9)13-11;1-3-7-4-5-8(12-2)9(6-7)13(10)11;1-2/h5-6H,2-4,11H2,1H3;4-6H,3,10H2,1-2H3;1-2H3. The van der Waals surface area contributed by atoms with Crippen LogP contribution in [-0.2, 0) is 30.2 Å². The van der Waals surface area contributed by atoms with Crippen molar-refractivity contribution in [2.45, 2.75) is 56.2 Å². The van der Waals surface area contributed by atoms with Gasteiger partial charge in [-0.15, -0.1) is 0 Å². The highest BCUT2D eigenvalue weighted by Crippen LogP contribution is 2.33. The van der Waals surface area contributed by atoms with Crippen molar-refractivity contribution in [1.29, 1.82) is 0 Å². The molecule has 0 amide bonds. The van der Waals surface area contributed by atoms with Crippen LogP contribution in [0.15, 0.2) is 40.1 Å². The minimum Gasteiger partial charge on any atom is -0.496 e. The third kappa shape index (κ3) is 6.51. The van der Waals surface area contributed by atoms with E-state index < -0.39 is 11.0 Å². The number of methoxy groups -OCH3 is 2. The monoisotopic (exact) mass is 424 g/mol. The molecule has 4 N–H and O–H groups in total. The Kier molecular flexibility index (Phi) is 11.2. The lowest BCUT2D eigenvalue weighted by Gasteiger charge is -2.08. The van der Waals surface area contributed by atoms with Crippen molar-refractivity contribution in [3.05, 3.63) is 47.0 Å². The Morgan fingerprint density at radius 1 is 1.04 bits per heavy atom. The summed E-state index contributed by atoms with van der Waals surface area (Å²) in [7, 11) is 1.75. The van der Waals surface area contributed by atoms with Crippen LogP contribution in [0.1, 0.15) is 43.9 Å². The van der Waals surface area contributed by atoms with Gasteiger partial charge >= 0.3 is 0 Å². The highest BCUT2D eigenvalue weighted by atomic mass is 32.2. The number of nitrogens with two attached hydrogens (primary N) is 2. The zero-order valence-corrected chi connectivity index (χ0v) is 19.0. The van der Waals surface area contributed by atoms with Crippen LogP contribution in [0, 0.1) is 0 Å². The van der Waals surface area contributed by atoms with Crippen LogP contribution in [-0.4, -0.2) is 18.4 Å². The molecule has 2 aromatic rings. The zero-order chi connectivity index (χ0) is 21.1. The van der Waals surface area contributed by atoms with Gasteiger partial charge in [0.25, 0.3) is 0 Å². The Morgan fingerprint density at radius 2 is 1.64 bits per heavy atom. The molecular weight excluding hydrogens is 392 g/mol. The van der Waals surface area contributed by atoms with Crippen LogP contribution in [0.25, 0.3) is 0 Å². The van der Waals surface area contributed by atoms with Gasteiger partial charge in [0.15, 0.2) is 0 Å². The summed E-state index contributed by atoms with van der Waals surface area (Å²) < 4.78 is 21.4. The van der Waals surface area contributed by atoms with Gasteiger partial charge in [-0.1, -0.05) is 26.8 Å². The Bertz CT molecular complexity index is 751. The summed E-state index contributed by atoms with van der Waals surface area (Å²) in [6.45, 7) is 6.03. The van der Waals surface area contributed by atoms with Crippen molar-refractivity contribution in [2.75, 3.05) is 14.2 Å². The van der Waals surface area contributed by atoms with E-state index in [0.717, 1.165) is 22.6 Å². The molecule has 0 heterocycles. The molecule has 3 rings (SSSR count). The summed E-state index contributed by atoms with van der Waals surface area (Å²) in [6, 6.07) is 9.83. The van der Waals surface area contributed by atoms with Gasteiger partial charge in [0.05, 0.1) is 24.0 Å². The Balaban J connectivity index is 0.000000257. The van der Waals surface area contributed by atoms with Crippen molar-refractivity contribution in [2.24, 2.45) is 10.3 Å². The smallest absolute Gasteiger partial charge is 0.136 e. The maximum absolute atomic E-state index is 11.1. The molecule has 5 nitrogen and oxygen atoms in total. The first-order chi connectivity index (χ1) is 13.5. The van der Waals surface area contributed by atoms with Gasteiger partial charge in [-0.05, 0) is 78.6 Å². The molecule has 0 radical (unpaired) electrons. The molecule has 1 unspecified atom stereocenters. The first-order valence-corrected chi connectivity index (χ1v) is 11.5. The molecule has 0 fully saturated rings. The van der Waals surface area contributed by atoms with E-state index in [2.05, 4.69) is 12.1 Å². The molecule has 28 heavy (non-hydrogen) atoms. The number of ether oxygens (including phenoxy) is 2. The molecule has 0 aromatic heterocycles. The van der Waals surface area contributed by atoms with E-state index in [1.807, 2.05) is 32.9 Å². The molecule has 0 bridgehead atoms. The van der Waals surface area contributed by atoms with Crippen molar-refractivity contribution in [3.63, 3.8) is 0 Å². The lowest BCUT2D eigenvalue weighted by Crippen LogP contribution is -2.05. The molecule has 1 atom stereocenters. The molecule has 156 valence electrons. The molecule has 1 aliphatic rings. The molecule has 0 saturated carbocycles. The van der Waals surface area contributed by atoms with Gasteiger partial charge in [0.2, 0.25) is 0 Å². The van der Waals surface area contributed by atoms with Crippen LogP contribution in [0.3, 0.4) is 0 Å². The predicted molar refractivity (Wildman–Crippen MR) is 119 cm³/mol. The van der Waals surface area contributed by atoms with Crippen molar-refractivity contribution < 1.29 is 13.7 Å². The predicted octanol–water partition coefficient (Wildman–Crippen LogP) is 4.41. The van der Waals surface area contributed by atoms with E-state index in [1.54, 1.807) is 13.2 Å². The molecule has 7 heteroatoms. The van der Waals surface area contributed by atoms with Crippen LogP contribution < -0.4 is 19.8 Å². The number of aryl methyl sites for hydroxylation is 3. The average Bonchev–Trinajstić information content (AvgIpc) is 3.21. The first kappa shape index (κ1) is 24.5. The summed E-state index contributed by atoms with van der Waals surface area (Å²) in [5.74, 6) is 1.49. The first-order valence-electron chi connectivity index (χ1n) is 9.43. The summed E-state index contributed by atoms with van der Waals surface area (Å²) in [6.07, 6.45) is 4.53. The van der Waals surface area contributed by atoms with Gasteiger partial charge in [-0.25, -0.2) is 9.35 Å². The third-order valence-electron chi connectivity index (χ3n) is 4.36. The quantitative estimate of drug-likeness (QED) is 0.694. The largest absolute Gasteiger partial charge is 0.496 e. The third-order valence-corrected chi connectivity index (χ3v) is 5.68. The van der Waals surface area contributed by atoms with Gasteiger partial charge < -0.3 is 9.47 Å². The SMILES string of the molecule is CC.CCc1ccc(OC)c(S(N)=O)c1.COc1cc2c(cc1SN)CCC2. The Labute approximate surface area is 175 Å². The van der Waals surface area contributed by atoms with Gasteiger partial charge in [-0.3, -0.25) is 5.14 Å². The van der Waals surface area contributed by atoms with Crippen molar-refractivity contribution >= 4 is 22.9 Å². The topological polar surface area (TPSA) is 87.6 Å². The van der Waals surface area contributed by atoms with E-state index in [9.17, 15) is 4.21 Å². The average molecular weight is 425 g/mol. The minimum atomic E-state index is -1.48. The fourth-order valence-electron chi connectivity index (χ4n) is 2.93. The van der Waals surface area contributed by atoms with Crippen LogP contribution >= 0.6 is 11.9 Å². The molecule has 0 spiro atoms. The Hall–Kier alpha value is -1.54. The second-order valence-electron chi connectivity index (χ2n) is 5.88. The molecule has 2 aromatic carbocycles. The van der Waals surface area contributed by atoms with E-state index in [1.165, 1.54) is 49.4 Å². The summed E-state index contributed by atoms with van der Waals surface area (Å²) in [5.41, 5.74) is 3.97. The van der Waals surface area contributed by atoms with Crippen LogP contribution in [0.2, 0.25) is 0 Å². The lowest BCUT2D eigenvalue weighted by atomic mass is 10.1. The van der Waals surface area contributed by atoms with E-state index in [0.29, 0.717) is 10.6 Å². The van der Waals surface area contributed by atoms with E-state index in [-0.39, 0.29) is 0 Å². The molecular formula is C21H32N2O3S2. The maximum atomic E-state index is 11.1. The highest BCUT2D eigenvalue weighted by molar-refractivity contribution is 7.97. The van der Waals surface area contributed by atoms with Crippen molar-refractivity contribution in [3.8, 4) is 11.5 Å². The maximum Gasteiger partial charge on any atom is 0.136 e. The molecule has 1 aliphatic carbocycles. The normalized spacial score (nSPS) is 12.7. The van der Waals surface area contributed by atoms with Gasteiger partial charge in [0.1, 0.15) is 22.5 Å². The number of hydrogen-bond donors (Lipinski definition) is 2. The molecule has 0 aliphatic heterocycles. The van der Waals surface area contributed by atoms with E-state index in [4.69, 9.17) is 19.8 Å². The molecule has 0 saturated heterocycles. The van der Waals surface area contributed by atoms with Crippen LogP contribution in [0.5, 0.6) is 11.5 Å². The second kappa shape index (κ2) is 12.8. The van der Waals surface area contributed by atoms with E-state index >= 15 is 0 Å². The minimum absolute atomic E-state index is 0.557. The zero-order valence-electron chi connectivity index (χ0n) is 17.4. The fourth-order valence-corrected chi connectivity index (χ4v) is 4.01. The summed E-state index contributed by atoms with van der Waals surface area (Å²) >= 11 is 1.26. The second-order valence-corrected chi connectivity index (χ2v) is 7.59. The summed E-state index contributed by atoms with van der Waals surface area (Å²) in [5, 5.41) is 10.9. The van der Waals surface area contributed by atoms with Crippen LogP contribution in [0.4, 0.5) is 0 Å². The van der Waals surface area contributed by atoms with Gasteiger partial charge in [-0.2, -0.15) is 0 Å².